The van der Waals surface area contributed by atoms with Crippen LogP contribution in [0, 0.1) is 6.92 Å². The smallest absolute Gasteiger partial charge is 0.132 e. The van der Waals surface area contributed by atoms with E-state index in [9.17, 15) is 0 Å². The fourth-order valence-corrected chi connectivity index (χ4v) is 3.23. The quantitative estimate of drug-likeness (QED) is 0.790. The van der Waals surface area contributed by atoms with E-state index in [1.807, 2.05) is 12.1 Å². The van der Waals surface area contributed by atoms with Crippen LogP contribution in [-0.2, 0) is 4.74 Å². The van der Waals surface area contributed by atoms with Crippen LogP contribution in [0.25, 0.3) is 10.9 Å². The van der Waals surface area contributed by atoms with Gasteiger partial charge < -0.3 is 9.64 Å². The lowest BCUT2D eigenvalue weighted by atomic mass is 10.0. The molecule has 1 aromatic heterocycles. The zero-order valence-electron chi connectivity index (χ0n) is 12.8. The minimum absolute atomic E-state index is 0.0445. The number of aromatic nitrogens is 1. The van der Waals surface area contributed by atoms with Gasteiger partial charge in [0.05, 0.1) is 23.1 Å². The van der Waals surface area contributed by atoms with E-state index in [1.54, 1.807) is 0 Å². The summed E-state index contributed by atoms with van der Waals surface area (Å²) in [5.41, 5.74) is 2.02. The van der Waals surface area contributed by atoms with Crippen LogP contribution in [0.15, 0.2) is 30.3 Å². The number of halogens is 1. The minimum atomic E-state index is -0.211. The second-order valence-corrected chi connectivity index (χ2v) is 6.66. The zero-order valence-corrected chi connectivity index (χ0v) is 13.5. The number of para-hydroxylation sites is 1. The Hall–Kier alpha value is -1.32. The predicted molar refractivity (Wildman–Crippen MR) is 88.4 cm³/mol. The Labute approximate surface area is 130 Å². The van der Waals surface area contributed by atoms with E-state index in [0.29, 0.717) is 5.88 Å². The molecular weight excluding hydrogens is 284 g/mol. The third-order valence-electron chi connectivity index (χ3n) is 3.84. The Kier molecular flexibility index (Phi) is 3.80. The van der Waals surface area contributed by atoms with Crippen LogP contribution < -0.4 is 4.90 Å². The summed E-state index contributed by atoms with van der Waals surface area (Å²) in [6.07, 6.45) is 0.0445. The lowest BCUT2D eigenvalue weighted by Gasteiger charge is -2.43. The van der Waals surface area contributed by atoms with Gasteiger partial charge in [-0.25, -0.2) is 4.98 Å². The van der Waals surface area contributed by atoms with Crippen LogP contribution in [0.4, 0.5) is 5.82 Å². The highest BCUT2D eigenvalue weighted by atomic mass is 35.5. The fraction of sp³-hybridized carbons (Fsp3) is 0.471. The van der Waals surface area contributed by atoms with Gasteiger partial charge in [0, 0.05) is 18.5 Å². The molecule has 1 atom stereocenters. The molecule has 0 saturated carbocycles. The van der Waals surface area contributed by atoms with Crippen LogP contribution in [0.1, 0.15) is 19.4 Å². The number of hydrogen-bond donors (Lipinski definition) is 0. The molecule has 3 nitrogen and oxygen atoms in total. The number of nitrogens with zero attached hydrogens (tertiary/aromatic N) is 2. The Morgan fingerprint density at radius 3 is 2.90 bits per heavy atom. The topological polar surface area (TPSA) is 25.4 Å². The molecule has 0 radical (unpaired) electrons. The van der Waals surface area contributed by atoms with Gasteiger partial charge >= 0.3 is 0 Å². The summed E-state index contributed by atoms with van der Waals surface area (Å²) in [5.74, 6) is 1.55. The minimum Gasteiger partial charge on any atom is -0.367 e. The monoisotopic (exact) mass is 304 g/mol. The first-order valence-corrected chi connectivity index (χ1v) is 7.87. The Morgan fingerprint density at radius 1 is 1.38 bits per heavy atom. The number of hydrogen-bond acceptors (Lipinski definition) is 3. The number of benzene rings is 1. The molecule has 0 bridgehead atoms. The van der Waals surface area contributed by atoms with Crippen molar-refractivity contribution in [2.75, 3.05) is 23.9 Å². The number of rotatable bonds is 2. The Morgan fingerprint density at radius 2 is 2.14 bits per heavy atom. The standard InChI is InChI=1S/C17H21ClN2O/c1-12-8-13-6-4-5-7-15(13)19-16(12)20-10-14(9-18)21-17(2,3)11-20/h4-8,14H,9-11H2,1-3H3. The van der Waals surface area contributed by atoms with Gasteiger partial charge in [-0.1, -0.05) is 18.2 Å². The molecule has 1 saturated heterocycles. The predicted octanol–water partition coefficient (Wildman–Crippen LogP) is 3.77. The Balaban J connectivity index is 2.00. The number of anilines is 1. The highest BCUT2D eigenvalue weighted by Crippen LogP contribution is 2.29. The number of aryl methyl sites for hydroxylation is 1. The summed E-state index contributed by atoms with van der Waals surface area (Å²) in [7, 11) is 0. The first-order chi connectivity index (χ1) is 9.98. The van der Waals surface area contributed by atoms with Crippen molar-refractivity contribution in [3.05, 3.63) is 35.9 Å². The maximum atomic E-state index is 6.02. The summed E-state index contributed by atoms with van der Waals surface area (Å²) < 4.78 is 6.00. The van der Waals surface area contributed by atoms with Crippen LogP contribution in [-0.4, -0.2) is 35.7 Å². The van der Waals surface area contributed by atoms with Gasteiger partial charge in [0.1, 0.15) is 5.82 Å². The van der Waals surface area contributed by atoms with Crippen molar-refractivity contribution in [3.63, 3.8) is 0 Å². The normalized spacial score (nSPS) is 21.7. The molecule has 0 amide bonds. The molecule has 2 aromatic rings. The van der Waals surface area contributed by atoms with Gasteiger partial charge in [0.2, 0.25) is 0 Å². The second kappa shape index (κ2) is 5.47. The van der Waals surface area contributed by atoms with Crippen molar-refractivity contribution in [1.82, 2.24) is 4.98 Å². The molecule has 21 heavy (non-hydrogen) atoms. The van der Waals surface area contributed by atoms with Crippen molar-refractivity contribution in [2.45, 2.75) is 32.5 Å². The molecular formula is C17H21ClN2O. The zero-order chi connectivity index (χ0) is 15.0. The van der Waals surface area contributed by atoms with Crippen molar-refractivity contribution in [2.24, 2.45) is 0 Å². The van der Waals surface area contributed by atoms with E-state index in [4.69, 9.17) is 21.3 Å². The maximum Gasteiger partial charge on any atom is 0.132 e. The number of alkyl halides is 1. The molecule has 0 spiro atoms. The van der Waals surface area contributed by atoms with Crippen LogP contribution in [0.5, 0.6) is 0 Å². The van der Waals surface area contributed by atoms with E-state index >= 15 is 0 Å². The van der Waals surface area contributed by atoms with Gasteiger partial charge in [-0.05, 0) is 38.5 Å². The van der Waals surface area contributed by atoms with E-state index < -0.39 is 0 Å². The van der Waals surface area contributed by atoms with E-state index in [-0.39, 0.29) is 11.7 Å². The van der Waals surface area contributed by atoms with Crippen molar-refractivity contribution >= 4 is 28.3 Å². The first-order valence-electron chi connectivity index (χ1n) is 7.34. The summed E-state index contributed by atoms with van der Waals surface area (Å²) in [4.78, 5) is 7.16. The largest absolute Gasteiger partial charge is 0.367 e. The highest BCUT2D eigenvalue weighted by molar-refractivity contribution is 6.18. The molecule has 112 valence electrons. The third kappa shape index (κ3) is 2.99. The van der Waals surface area contributed by atoms with Gasteiger partial charge in [-0.2, -0.15) is 0 Å². The Bertz CT molecular complexity index is 656. The lowest BCUT2D eigenvalue weighted by Crippen LogP contribution is -2.53. The summed E-state index contributed by atoms with van der Waals surface area (Å²) in [5, 5.41) is 1.18. The van der Waals surface area contributed by atoms with Gasteiger partial charge in [0.25, 0.3) is 0 Å². The summed E-state index contributed by atoms with van der Waals surface area (Å²) >= 11 is 6.02. The molecule has 2 heterocycles. The lowest BCUT2D eigenvalue weighted by molar-refractivity contribution is -0.0736. The van der Waals surface area contributed by atoms with Gasteiger partial charge in [-0.15, -0.1) is 11.6 Å². The van der Waals surface area contributed by atoms with Crippen molar-refractivity contribution in [1.29, 1.82) is 0 Å². The average molecular weight is 305 g/mol. The number of ether oxygens (including phenoxy) is 1. The second-order valence-electron chi connectivity index (χ2n) is 6.36. The van der Waals surface area contributed by atoms with Crippen molar-refractivity contribution in [3.8, 4) is 0 Å². The van der Waals surface area contributed by atoms with E-state index in [0.717, 1.165) is 24.4 Å². The first kappa shape index (κ1) is 14.6. The number of pyridine rings is 1. The van der Waals surface area contributed by atoms with Crippen LogP contribution >= 0.6 is 11.6 Å². The molecule has 1 unspecified atom stereocenters. The molecule has 1 aliphatic rings. The molecule has 3 rings (SSSR count). The number of fused-ring (bicyclic) bond motifs is 1. The van der Waals surface area contributed by atoms with Crippen LogP contribution in [0.2, 0.25) is 0 Å². The maximum absolute atomic E-state index is 6.02. The molecule has 0 aliphatic carbocycles. The highest BCUT2D eigenvalue weighted by Gasteiger charge is 2.34. The molecule has 4 heteroatoms. The molecule has 1 aromatic carbocycles. The van der Waals surface area contributed by atoms with E-state index in [1.165, 1.54) is 10.9 Å². The SMILES string of the molecule is Cc1cc2ccccc2nc1N1CC(CCl)OC(C)(C)C1. The molecule has 0 N–H and O–H groups in total. The summed E-state index contributed by atoms with van der Waals surface area (Å²) in [6.45, 7) is 7.95. The molecule has 1 fully saturated rings. The van der Waals surface area contributed by atoms with Crippen LogP contribution in [0.3, 0.4) is 0 Å². The van der Waals surface area contributed by atoms with Gasteiger partial charge in [-0.3, -0.25) is 0 Å². The van der Waals surface area contributed by atoms with E-state index in [2.05, 4.69) is 43.9 Å². The van der Waals surface area contributed by atoms with Crippen molar-refractivity contribution < 1.29 is 4.74 Å². The fourth-order valence-electron chi connectivity index (χ4n) is 3.07. The third-order valence-corrected chi connectivity index (χ3v) is 4.19. The van der Waals surface area contributed by atoms with Gasteiger partial charge in [0.15, 0.2) is 0 Å². The average Bonchev–Trinajstić information content (AvgIpc) is 2.44. The molecule has 1 aliphatic heterocycles. The summed E-state index contributed by atoms with van der Waals surface area (Å²) in [6, 6.07) is 10.4. The number of morpholine rings is 1.